The molecule has 0 bridgehead atoms. The van der Waals surface area contributed by atoms with Crippen LogP contribution in [-0.2, 0) is 9.59 Å². The van der Waals surface area contributed by atoms with Crippen LogP contribution in [0.2, 0.25) is 15.1 Å². The summed E-state index contributed by atoms with van der Waals surface area (Å²) in [6, 6.07) is 14.2. The van der Waals surface area contributed by atoms with Gasteiger partial charge in [-0.2, -0.15) is 5.26 Å². The fourth-order valence-electron chi connectivity index (χ4n) is 4.56. The number of aromatic nitrogens is 2. The van der Waals surface area contributed by atoms with Crippen LogP contribution in [0.5, 0.6) is 0 Å². The number of benzene rings is 2. The number of hydrogen-bond donors (Lipinski definition) is 2. The highest BCUT2D eigenvalue weighted by Crippen LogP contribution is 2.47. The van der Waals surface area contributed by atoms with Gasteiger partial charge in [-0.05, 0) is 42.7 Å². The minimum absolute atomic E-state index is 0.0621. The van der Waals surface area contributed by atoms with E-state index in [1.807, 2.05) is 0 Å². The number of nitrogens with one attached hydrogen (secondary N) is 1. The van der Waals surface area contributed by atoms with Crippen molar-refractivity contribution in [1.29, 1.82) is 5.26 Å². The van der Waals surface area contributed by atoms with Gasteiger partial charge in [0.05, 0.1) is 44.1 Å². The largest absolute Gasteiger partial charge is 0.384 e. The third kappa shape index (κ3) is 5.51. The lowest BCUT2D eigenvalue weighted by molar-refractivity contribution is -0.116. The van der Waals surface area contributed by atoms with Crippen LogP contribution in [0.1, 0.15) is 30.7 Å². The van der Waals surface area contributed by atoms with Gasteiger partial charge in [0.25, 0.3) is 0 Å². The zero-order chi connectivity index (χ0) is 27.7. The number of carbonyl (C=O) groups is 2. The summed E-state index contributed by atoms with van der Waals surface area (Å²) in [5.41, 5.74) is 9.15. The molecule has 1 atom stereocenters. The van der Waals surface area contributed by atoms with E-state index in [2.05, 4.69) is 21.6 Å². The fourth-order valence-corrected chi connectivity index (χ4v) is 6.73. The highest BCUT2D eigenvalue weighted by atomic mass is 35.5. The summed E-state index contributed by atoms with van der Waals surface area (Å²) in [5.74, 6) is -0.722. The first-order valence-corrected chi connectivity index (χ1v) is 14.6. The molecule has 2 aliphatic rings. The molecule has 13 heteroatoms. The van der Waals surface area contributed by atoms with Crippen LogP contribution in [0.15, 0.2) is 69.5 Å². The fraction of sp³-hybridized carbons (Fsp3) is 0.192. The molecule has 3 N–H and O–H groups in total. The highest BCUT2D eigenvalue weighted by molar-refractivity contribution is 8.01. The van der Waals surface area contributed by atoms with Crippen LogP contribution in [0.3, 0.4) is 0 Å². The molecule has 1 amide bonds. The molecule has 0 radical (unpaired) electrons. The number of carbonyl (C=O) groups excluding carboxylic acids is 2. The number of Topliss-reactive ketones (excluding diaryl/α,β-unsaturated/α-hetero) is 1. The molecule has 8 nitrogen and oxygen atoms in total. The summed E-state index contributed by atoms with van der Waals surface area (Å²) in [4.78, 5) is 27.4. The van der Waals surface area contributed by atoms with Gasteiger partial charge in [-0.15, -0.1) is 10.2 Å². The molecule has 0 spiro atoms. The van der Waals surface area contributed by atoms with Crippen molar-refractivity contribution in [1.82, 2.24) is 10.2 Å². The van der Waals surface area contributed by atoms with Crippen molar-refractivity contribution >= 4 is 80.4 Å². The van der Waals surface area contributed by atoms with E-state index < -0.39 is 5.92 Å². The Bertz CT molecular complexity index is 1600. The second-order valence-corrected chi connectivity index (χ2v) is 12.1. The SMILES string of the molecule is N#CC1=C(N)N(c2nnc(SCC(=O)Nc3ccccc3Cl)s2)C2=C(C(=O)CCC2)C1c1ccc(Cl)c(Cl)c1. The van der Waals surface area contributed by atoms with E-state index in [1.165, 1.54) is 23.1 Å². The summed E-state index contributed by atoms with van der Waals surface area (Å²) in [7, 11) is 0. The number of hydrogen-bond acceptors (Lipinski definition) is 9. The number of amides is 1. The Morgan fingerprint density at radius 2 is 1.95 bits per heavy atom. The molecule has 0 saturated carbocycles. The smallest absolute Gasteiger partial charge is 0.234 e. The quantitative estimate of drug-likeness (QED) is 0.299. The van der Waals surface area contributed by atoms with Gasteiger partial charge in [-0.3, -0.25) is 14.5 Å². The van der Waals surface area contributed by atoms with Gasteiger partial charge in [0.15, 0.2) is 10.1 Å². The average molecular weight is 618 g/mol. The minimum atomic E-state index is -0.668. The summed E-state index contributed by atoms with van der Waals surface area (Å²) < 4.78 is 0.529. The van der Waals surface area contributed by atoms with Crippen molar-refractivity contribution in [2.75, 3.05) is 16.0 Å². The monoisotopic (exact) mass is 616 g/mol. The lowest BCUT2D eigenvalue weighted by Crippen LogP contribution is -2.38. The highest BCUT2D eigenvalue weighted by Gasteiger charge is 2.41. The maximum atomic E-state index is 13.3. The number of rotatable bonds is 6. The van der Waals surface area contributed by atoms with Crippen LogP contribution < -0.4 is 16.0 Å². The molecule has 1 unspecified atom stereocenters. The van der Waals surface area contributed by atoms with Crippen LogP contribution in [0.25, 0.3) is 0 Å². The molecule has 5 rings (SSSR count). The van der Waals surface area contributed by atoms with Crippen molar-refractivity contribution < 1.29 is 9.59 Å². The molecular formula is C26H19Cl3N6O2S2. The van der Waals surface area contributed by atoms with E-state index >= 15 is 0 Å². The van der Waals surface area contributed by atoms with Gasteiger partial charge in [0, 0.05) is 17.7 Å². The Balaban J connectivity index is 1.44. The van der Waals surface area contributed by atoms with E-state index in [0.29, 0.717) is 66.3 Å². The van der Waals surface area contributed by atoms with Crippen LogP contribution in [0.4, 0.5) is 10.8 Å². The van der Waals surface area contributed by atoms with Crippen LogP contribution in [0, 0.1) is 11.3 Å². The number of para-hydroxylation sites is 1. The van der Waals surface area contributed by atoms with Gasteiger partial charge in [-0.1, -0.05) is 76.1 Å². The number of thioether (sulfide) groups is 1. The van der Waals surface area contributed by atoms with Gasteiger partial charge in [-0.25, -0.2) is 0 Å². The molecule has 2 heterocycles. The standard InChI is InChI=1S/C26H19Cl3N6O2S2/c27-15-9-8-13(10-17(15)29)22-14(11-30)24(31)35(19-6-3-7-20(36)23(19)22)25-33-34-26(39-25)38-12-21(37)32-18-5-2-1-4-16(18)28/h1-2,4-5,8-10,22H,3,6-7,12,31H2,(H,32,37). The summed E-state index contributed by atoms with van der Waals surface area (Å²) in [5, 5.41) is 23.0. The molecule has 39 heavy (non-hydrogen) atoms. The topological polar surface area (TPSA) is 125 Å². The Kier molecular flexibility index (Phi) is 8.16. The number of allylic oxidation sites excluding steroid dienone is 3. The third-order valence-corrected chi connectivity index (χ3v) is 9.36. The lowest BCUT2D eigenvalue weighted by atomic mass is 9.76. The first-order valence-electron chi connectivity index (χ1n) is 11.7. The lowest BCUT2D eigenvalue weighted by Gasteiger charge is -2.38. The number of anilines is 2. The maximum absolute atomic E-state index is 13.3. The Morgan fingerprint density at radius 3 is 2.69 bits per heavy atom. The zero-order valence-electron chi connectivity index (χ0n) is 20.1. The van der Waals surface area contributed by atoms with Crippen molar-refractivity contribution in [3.05, 3.63) is 85.8 Å². The molecule has 3 aromatic rings. The predicted molar refractivity (Wildman–Crippen MR) is 155 cm³/mol. The van der Waals surface area contributed by atoms with Crippen LogP contribution in [-0.4, -0.2) is 27.6 Å². The van der Waals surface area contributed by atoms with Crippen molar-refractivity contribution in [2.45, 2.75) is 29.5 Å². The number of ketones is 1. The molecule has 1 aliphatic carbocycles. The normalized spacial score (nSPS) is 17.2. The summed E-state index contributed by atoms with van der Waals surface area (Å²) >= 11 is 20.9. The van der Waals surface area contributed by atoms with Gasteiger partial charge < -0.3 is 11.1 Å². The Labute approximate surface area is 247 Å². The van der Waals surface area contributed by atoms with Crippen molar-refractivity contribution in [2.24, 2.45) is 5.73 Å². The molecular weight excluding hydrogens is 599 g/mol. The van der Waals surface area contributed by atoms with E-state index in [0.717, 1.165) is 0 Å². The third-order valence-electron chi connectivity index (χ3n) is 6.25. The van der Waals surface area contributed by atoms with E-state index in [1.54, 1.807) is 47.4 Å². The first kappa shape index (κ1) is 27.5. The van der Waals surface area contributed by atoms with E-state index in [4.69, 9.17) is 40.5 Å². The van der Waals surface area contributed by atoms with Crippen LogP contribution >= 0.6 is 57.9 Å². The van der Waals surface area contributed by atoms with Crippen molar-refractivity contribution in [3.8, 4) is 6.07 Å². The molecule has 0 saturated heterocycles. The average Bonchev–Trinajstić information content (AvgIpc) is 3.38. The van der Waals surface area contributed by atoms with Gasteiger partial charge >= 0.3 is 0 Å². The molecule has 198 valence electrons. The summed E-state index contributed by atoms with van der Waals surface area (Å²) in [6.45, 7) is 0. The minimum Gasteiger partial charge on any atom is -0.384 e. The molecule has 0 fully saturated rings. The number of halogens is 3. The van der Waals surface area contributed by atoms with E-state index in [9.17, 15) is 14.9 Å². The number of nitriles is 1. The number of nitrogens with two attached hydrogens (primary N) is 1. The number of nitrogens with zero attached hydrogens (tertiary/aromatic N) is 4. The predicted octanol–water partition coefficient (Wildman–Crippen LogP) is 6.53. The molecule has 1 aromatic heterocycles. The summed E-state index contributed by atoms with van der Waals surface area (Å²) in [6.07, 6.45) is 1.57. The first-order chi connectivity index (χ1) is 18.8. The van der Waals surface area contributed by atoms with Crippen molar-refractivity contribution in [3.63, 3.8) is 0 Å². The van der Waals surface area contributed by atoms with Gasteiger partial charge in [0.1, 0.15) is 5.82 Å². The Hall–Kier alpha value is -3.07. The zero-order valence-corrected chi connectivity index (χ0v) is 24.0. The maximum Gasteiger partial charge on any atom is 0.234 e. The second kappa shape index (κ2) is 11.6. The second-order valence-electron chi connectivity index (χ2n) is 8.66. The molecule has 1 aliphatic heterocycles. The Morgan fingerprint density at radius 1 is 1.15 bits per heavy atom. The van der Waals surface area contributed by atoms with E-state index in [-0.39, 0.29) is 28.8 Å². The molecule has 2 aromatic carbocycles. The van der Waals surface area contributed by atoms with Gasteiger partial charge in [0.2, 0.25) is 11.0 Å².